The molecule has 0 N–H and O–H groups in total. The summed E-state index contributed by atoms with van der Waals surface area (Å²) >= 11 is 0. The lowest BCUT2D eigenvalue weighted by molar-refractivity contribution is 0.793. The molecule has 0 amide bonds. The summed E-state index contributed by atoms with van der Waals surface area (Å²) in [4.78, 5) is 2.44. The second kappa shape index (κ2) is 16.3. The minimum Gasteiger partial charge on any atom is -0.310 e. The molecular weight excluding hydrogens is 819 g/mol. The first kappa shape index (κ1) is 39.6. The van der Waals surface area contributed by atoms with Gasteiger partial charge in [-0.05, 0) is 137 Å². The van der Waals surface area contributed by atoms with Crippen molar-refractivity contribution in [1.29, 1.82) is 0 Å². The van der Waals surface area contributed by atoms with Crippen LogP contribution in [0.4, 0.5) is 17.1 Å². The molecule has 1 heteroatoms. The average molecular weight is 864 g/mol. The van der Waals surface area contributed by atoms with Crippen LogP contribution in [0.5, 0.6) is 0 Å². The van der Waals surface area contributed by atoms with Crippen LogP contribution in [0.25, 0.3) is 77.9 Å². The smallest absolute Gasteiger partial charge is 0.0726 e. The average Bonchev–Trinajstić information content (AvgIpc) is 3.89. The van der Waals surface area contributed by atoms with E-state index in [0.29, 0.717) is 0 Å². The van der Waals surface area contributed by atoms with Gasteiger partial charge in [-0.2, -0.15) is 0 Å². The Hall–Kier alpha value is -8.78. The van der Waals surface area contributed by atoms with Crippen molar-refractivity contribution in [1.82, 2.24) is 0 Å². The molecule has 1 nitrogen and oxygen atoms in total. The SMILES string of the molecule is c1ccc(-c2ccc(N(c3ccc(-c4cccc(-c5ccccc5)c4-c4ccccc4-c4ccccc4)cc3)c3ccc4c(c3)C3(c5ccccc5-c5ccccc53)c3ccccc3-4)cc2)cc1. The molecule has 0 radical (unpaired) electrons. The van der Waals surface area contributed by atoms with Crippen molar-refractivity contribution >= 4 is 17.1 Å². The van der Waals surface area contributed by atoms with Gasteiger partial charge in [0.2, 0.25) is 0 Å². The van der Waals surface area contributed by atoms with E-state index < -0.39 is 5.41 Å². The lowest BCUT2D eigenvalue weighted by atomic mass is 9.70. The van der Waals surface area contributed by atoms with Crippen molar-refractivity contribution in [3.05, 3.63) is 295 Å². The molecule has 0 aliphatic heterocycles. The van der Waals surface area contributed by atoms with Gasteiger partial charge in [0.1, 0.15) is 0 Å². The molecule has 0 bridgehead atoms. The summed E-state index contributed by atoms with van der Waals surface area (Å²) in [6, 6.07) is 100. The molecule has 0 unspecified atom stereocenters. The van der Waals surface area contributed by atoms with Crippen LogP contribution in [-0.2, 0) is 5.41 Å². The summed E-state index contributed by atoms with van der Waals surface area (Å²) in [5.41, 5.74) is 25.4. The highest BCUT2D eigenvalue weighted by Gasteiger charge is 2.51. The predicted molar refractivity (Wildman–Crippen MR) is 285 cm³/mol. The molecule has 2 aliphatic rings. The van der Waals surface area contributed by atoms with E-state index in [0.717, 1.165) is 22.6 Å². The quantitative estimate of drug-likeness (QED) is 0.147. The van der Waals surface area contributed by atoms with Crippen LogP contribution in [0.1, 0.15) is 22.3 Å². The Labute approximate surface area is 398 Å². The van der Waals surface area contributed by atoms with E-state index in [1.54, 1.807) is 0 Å². The number of hydrogen-bond acceptors (Lipinski definition) is 1. The Morgan fingerprint density at radius 1 is 0.206 bits per heavy atom. The topological polar surface area (TPSA) is 3.24 Å². The Morgan fingerprint density at radius 3 is 1.06 bits per heavy atom. The Kier molecular flexibility index (Phi) is 9.47. The molecule has 0 fully saturated rings. The second-order valence-corrected chi connectivity index (χ2v) is 17.9. The summed E-state index contributed by atoms with van der Waals surface area (Å²) in [7, 11) is 0. The van der Waals surface area contributed by atoms with E-state index in [9.17, 15) is 0 Å². The minimum absolute atomic E-state index is 0.446. The molecule has 2 aliphatic carbocycles. The van der Waals surface area contributed by atoms with Crippen molar-refractivity contribution in [2.75, 3.05) is 4.90 Å². The third-order valence-corrected chi connectivity index (χ3v) is 14.3. The highest BCUT2D eigenvalue weighted by molar-refractivity contribution is 6.00. The van der Waals surface area contributed by atoms with Crippen LogP contribution in [-0.4, -0.2) is 0 Å². The van der Waals surface area contributed by atoms with Gasteiger partial charge in [0.25, 0.3) is 0 Å². The first-order chi connectivity index (χ1) is 33.8. The van der Waals surface area contributed by atoms with E-state index >= 15 is 0 Å². The normalized spacial score (nSPS) is 12.5. The first-order valence-electron chi connectivity index (χ1n) is 23.6. The Morgan fingerprint density at radius 2 is 0.544 bits per heavy atom. The fraction of sp³-hybridized carbons (Fsp3) is 0.0149. The summed E-state index contributed by atoms with van der Waals surface area (Å²) in [6.07, 6.45) is 0. The van der Waals surface area contributed by atoms with Crippen molar-refractivity contribution < 1.29 is 0 Å². The molecule has 68 heavy (non-hydrogen) atoms. The number of benzene rings is 11. The minimum atomic E-state index is -0.446. The molecule has 13 rings (SSSR count). The van der Waals surface area contributed by atoms with Gasteiger partial charge in [0.15, 0.2) is 0 Å². The van der Waals surface area contributed by atoms with Crippen molar-refractivity contribution in [2.45, 2.75) is 5.41 Å². The third-order valence-electron chi connectivity index (χ3n) is 14.3. The zero-order valence-corrected chi connectivity index (χ0v) is 37.4. The van der Waals surface area contributed by atoms with Gasteiger partial charge < -0.3 is 4.90 Å². The maximum absolute atomic E-state index is 2.48. The second-order valence-electron chi connectivity index (χ2n) is 17.9. The molecule has 11 aromatic rings. The largest absolute Gasteiger partial charge is 0.310 e. The van der Waals surface area contributed by atoms with Crippen LogP contribution in [0, 0.1) is 0 Å². The van der Waals surface area contributed by atoms with Crippen LogP contribution < -0.4 is 4.90 Å². The highest BCUT2D eigenvalue weighted by Crippen LogP contribution is 2.63. The Bertz CT molecular complexity index is 3580. The lowest BCUT2D eigenvalue weighted by Gasteiger charge is -2.32. The van der Waals surface area contributed by atoms with Gasteiger partial charge in [0, 0.05) is 17.1 Å². The summed E-state index contributed by atoms with van der Waals surface area (Å²) in [5.74, 6) is 0. The molecule has 0 heterocycles. The molecule has 1 spiro atoms. The zero-order chi connectivity index (χ0) is 45.0. The van der Waals surface area contributed by atoms with Gasteiger partial charge >= 0.3 is 0 Å². The number of rotatable bonds is 8. The van der Waals surface area contributed by atoms with E-state index in [4.69, 9.17) is 0 Å². The summed E-state index contributed by atoms with van der Waals surface area (Å²) < 4.78 is 0. The summed E-state index contributed by atoms with van der Waals surface area (Å²) in [6.45, 7) is 0. The van der Waals surface area contributed by atoms with E-state index in [2.05, 4.69) is 278 Å². The monoisotopic (exact) mass is 863 g/mol. The standard InChI is InChI=1S/C67H45N/c1-4-19-46(20-5-1)47-35-39-51(40-36-47)68(53-43-44-60-59-28-14-17-34-64(59)67(65(60)45-53)62-32-15-12-26-57(62)58-27-13-16-33-63(58)67)52-41-37-50(38-42-52)56-31-18-30-55(49-23-8-3-9-24-49)66(56)61-29-11-10-25-54(61)48-21-6-2-7-22-48/h1-45H. The molecule has 0 saturated heterocycles. The zero-order valence-electron chi connectivity index (χ0n) is 37.4. The summed E-state index contributed by atoms with van der Waals surface area (Å²) in [5, 5.41) is 0. The fourth-order valence-electron chi connectivity index (χ4n) is 11.4. The van der Waals surface area contributed by atoms with Crippen LogP contribution >= 0.6 is 0 Å². The first-order valence-corrected chi connectivity index (χ1v) is 23.6. The van der Waals surface area contributed by atoms with Gasteiger partial charge in [0.05, 0.1) is 5.41 Å². The van der Waals surface area contributed by atoms with Gasteiger partial charge in [-0.3, -0.25) is 0 Å². The van der Waals surface area contributed by atoms with Gasteiger partial charge in [-0.15, -0.1) is 0 Å². The van der Waals surface area contributed by atoms with Crippen LogP contribution in [0.15, 0.2) is 273 Å². The van der Waals surface area contributed by atoms with Gasteiger partial charge in [-0.1, -0.05) is 237 Å². The van der Waals surface area contributed by atoms with Crippen molar-refractivity contribution in [3.8, 4) is 77.9 Å². The van der Waals surface area contributed by atoms with E-state index in [1.165, 1.54) is 94.6 Å². The van der Waals surface area contributed by atoms with Crippen LogP contribution in [0.2, 0.25) is 0 Å². The molecular formula is C67H45N. The Balaban J connectivity index is 0.994. The maximum atomic E-state index is 2.48. The van der Waals surface area contributed by atoms with E-state index in [-0.39, 0.29) is 0 Å². The van der Waals surface area contributed by atoms with Gasteiger partial charge in [-0.25, -0.2) is 0 Å². The number of nitrogens with zero attached hydrogens (tertiary/aromatic N) is 1. The molecule has 0 saturated carbocycles. The lowest BCUT2D eigenvalue weighted by Crippen LogP contribution is -2.26. The fourth-order valence-corrected chi connectivity index (χ4v) is 11.4. The number of anilines is 3. The number of hydrogen-bond donors (Lipinski definition) is 0. The molecule has 318 valence electrons. The molecule has 0 atom stereocenters. The van der Waals surface area contributed by atoms with Crippen molar-refractivity contribution in [3.63, 3.8) is 0 Å². The molecule has 0 aromatic heterocycles. The molecule has 11 aromatic carbocycles. The predicted octanol–water partition coefficient (Wildman–Crippen LogP) is 17.8. The number of fused-ring (bicyclic) bond motifs is 10. The maximum Gasteiger partial charge on any atom is 0.0726 e. The van der Waals surface area contributed by atoms with Crippen LogP contribution in [0.3, 0.4) is 0 Å². The third kappa shape index (κ3) is 6.24. The van der Waals surface area contributed by atoms with E-state index in [1.807, 2.05) is 0 Å². The highest BCUT2D eigenvalue weighted by atomic mass is 15.1. The van der Waals surface area contributed by atoms with Crippen molar-refractivity contribution in [2.24, 2.45) is 0 Å².